The molecule has 7 aromatic rings. The first kappa shape index (κ1) is 39.2. The lowest BCUT2D eigenvalue weighted by Gasteiger charge is -2.21. The molecule has 0 unspecified atom stereocenters. The van der Waals surface area contributed by atoms with Gasteiger partial charge in [0.05, 0.1) is 40.2 Å². The van der Waals surface area contributed by atoms with Gasteiger partial charge in [-0.05, 0) is 67.8 Å². The lowest BCUT2D eigenvalue weighted by Crippen LogP contribution is -2.42. The van der Waals surface area contributed by atoms with E-state index in [9.17, 15) is 37.5 Å². The molecule has 0 atom stereocenters. The van der Waals surface area contributed by atoms with Crippen LogP contribution in [-0.2, 0) is 24.9 Å². The number of aromatic nitrogens is 6. The summed E-state index contributed by atoms with van der Waals surface area (Å²) in [5.74, 6) is -6.32. The van der Waals surface area contributed by atoms with Crippen LogP contribution in [0.4, 0.5) is 29.6 Å². The molecule has 0 aliphatic carbocycles. The van der Waals surface area contributed by atoms with Crippen molar-refractivity contribution in [1.29, 1.82) is 0 Å². The van der Waals surface area contributed by atoms with Gasteiger partial charge in [0.15, 0.2) is 17.5 Å². The Labute approximate surface area is 331 Å². The number of carbonyl (C=O) groups is 2. The number of aryl methyl sites for hydroxylation is 1. The van der Waals surface area contributed by atoms with E-state index in [1.165, 1.54) is 35.3 Å². The van der Waals surface area contributed by atoms with Gasteiger partial charge in [-0.2, -0.15) is 10.1 Å². The van der Waals surface area contributed by atoms with Gasteiger partial charge in [0.25, 0.3) is 0 Å². The summed E-state index contributed by atoms with van der Waals surface area (Å²) in [6.07, 6.45) is 3.68. The zero-order chi connectivity index (χ0) is 41.6. The van der Waals surface area contributed by atoms with E-state index in [4.69, 9.17) is 16.3 Å². The summed E-state index contributed by atoms with van der Waals surface area (Å²) in [7, 11) is 1.67. The molecule has 18 heteroatoms. The van der Waals surface area contributed by atoms with Gasteiger partial charge in [-0.15, -0.1) is 0 Å². The number of benzene rings is 4. The van der Waals surface area contributed by atoms with Gasteiger partial charge in [-0.25, -0.2) is 36.9 Å². The molecule has 0 radical (unpaired) electrons. The number of carbonyl (C=O) groups excluding carboxylic acids is 1. The van der Waals surface area contributed by atoms with Crippen LogP contribution in [0.5, 0.6) is 0 Å². The third kappa shape index (κ3) is 7.71. The highest BCUT2D eigenvalue weighted by Crippen LogP contribution is 2.36. The molecule has 0 saturated carbocycles. The van der Waals surface area contributed by atoms with E-state index in [0.717, 1.165) is 9.13 Å². The van der Waals surface area contributed by atoms with Gasteiger partial charge < -0.3 is 20.5 Å². The summed E-state index contributed by atoms with van der Waals surface area (Å²) in [6.45, 7) is 4.25. The molecular weight excluding hydrogens is 781 g/mol. The number of nitrogens with one attached hydrogen (secondary N) is 2. The van der Waals surface area contributed by atoms with E-state index >= 15 is 0 Å². The Morgan fingerprint density at radius 3 is 2.36 bits per heavy atom. The Morgan fingerprint density at radius 2 is 1.69 bits per heavy atom. The van der Waals surface area contributed by atoms with Gasteiger partial charge >= 0.3 is 23.4 Å². The van der Waals surface area contributed by atoms with Crippen molar-refractivity contribution in [1.82, 2.24) is 34.2 Å². The Hall–Kier alpha value is -7.01. The number of rotatable bonds is 9. The van der Waals surface area contributed by atoms with E-state index in [1.807, 2.05) is 0 Å². The molecule has 0 bridgehead atoms. The summed E-state index contributed by atoms with van der Waals surface area (Å²) in [6, 6.07) is 14.0. The third-order valence-electron chi connectivity index (χ3n) is 8.93. The number of anilines is 2. The second-order valence-electron chi connectivity index (χ2n) is 14.2. The SMILES string of the molecule is Cn1cc2c(CNC(=O)OC(C)(C)C)c(Nc3nc(=O)n(-c4cncc5cccc(-c6ccc(C(=O)O)cc6)c45)c(=O)n3Cc3cc(F)c(F)c(F)c3)c(Cl)cc2n1. The largest absolute Gasteiger partial charge is 0.478 e. The van der Waals surface area contributed by atoms with Crippen molar-refractivity contribution >= 4 is 57.0 Å². The number of pyridine rings is 1. The number of nitrogens with zero attached hydrogens (tertiary/aromatic N) is 6. The van der Waals surface area contributed by atoms with Crippen LogP contribution in [0.25, 0.3) is 38.5 Å². The molecule has 3 N–H and O–H groups in total. The zero-order valence-corrected chi connectivity index (χ0v) is 31.9. The minimum absolute atomic E-state index is 0.0215. The van der Waals surface area contributed by atoms with Crippen LogP contribution in [0.2, 0.25) is 5.02 Å². The van der Waals surface area contributed by atoms with Crippen molar-refractivity contribution in [3.8, 4) is 16.8 Å². The Bertz CT molecular complexity index is 2900. The summed E-state index contributed by atoms with van der Waals surface area (Å²) < 4.78 is 51.7. The van der Waals surface area contributed by atoms with Crippen molar-refractivity contribution in [2.24, 2.45) is 7.05 Å². The van der Waals surface area contributed by atoms with Gasteiger partial charge in [-0.3, -0.25) is 14.2 Å². The molecule has 1 amide bonds. The van der Waals surface area contributed by atoms with Gasteiger partial charge in [0.2, 0.25) is 5.95 Å². The quantitative estimate of drug-likeness (QED) is 0.128. The molecule has 0 aliphatic heterocycles. The number of fused-ring (bicyclic) bond motifs is 2. The third-order valence-corrected chi connectivity index (χ3v) is 9.23. The summed E-state index contributed by atoms with van der Waals surface area (Å²) in [5, 5.41) is 20.9. The minimum atomic E-state index is -1.72. The first-order valence-electron chi connectivity index (χ1n) is 17.5. The molecule has 14 nitrogen and oxygen atoms in total. The van der Waals surface area contributed by atoms with Crippen molar-refractivity contribution in [2.45, 2.75) is 39.5 Å². The predicted octanol–water partition coefficient (Wildman–Crippen LogP) is 7.08. The van der Waals surface area contributed by atoms with Crippen LogP contribution in [0.1, 0.15) is 42.3 Å². The molecule has 3 aromatic heterocycles. The number of hydrogen-bond acceptors (Lipinski definition) is 9. The van der Waals surface area contributed by atoms with Crippen LogP contribution in [0.3, 0.4) is 0 Å². The second kappa shape index (κ2) is 15.2. The maximum Gasteiger partial charge on any atom is 0.407 e. The van der Waals surface area contributed by atoms with E-state index in [0.29, 0.717) is 50.5 Å². The van der Waals surface area contributed by atoms with Crippen molar-refractivity contribution < 1.29 is 32.6 Å². The van der Waals surface area contributed by atoms with Crippen molar-refractivity contribution in [3.05, 3.63) is 139 Å². The summed E-state index contributed by atoms with van der Waals surface area (Å²) >= 11 is 6.80. The highest BCUT2D eigenvalue weighted by molar-refractivity contribution is 6.34. The number of halogens is 4. The standard InChI is InChI=1S/C40H32ClF3N8O6/c1-40(2,3)58-38(56)46-16-25-26-19-50(4)49-30(26)14-27(41)34(25)47-36-48-37(55)52(39(57)51(36)18-20-12-28(42)33(44)29(43)13-20)31-17-45-15-23-6-5-7-24(32(23)31)21-8-10-22(11-9-21)35(53)54/h5-15,17,19H,16,18H2,1-4H3,(H,46,56)(H,53,54)(H,47,48,55). The minimum Gasteiger partial charge on any atom is -0.478 e. The molecule has 3 heterocycles. The maximum absolute atomic E-state index is 14.8. The van der Waals surface area contributed by atoms with Crippen LogP contribution in [0, 0.1) is 17.5 Å². The molecule has 4 aromatic carbocycles. The lowest BCUT2D eigenvalue weighted by molar-refractivity contribution is 0.0523. The Morgan fingerprint density at radius 1 is 0.983 bits per heavy atom. The zero-order valence-electron chi connectivity index (χ0n) is 31.1. The topological polar surface area (TPSA) is 175 Å². The highest BCUT2D eigenvalue weighted by Gasteiger charge is 2.24. The smallest absolute Gasteiger partial charge is 0.407 e. The normalized spacial score (nSPS) is 11.6. The van der Waals surface area contributed by atoms with Crippen molar-refractivity contribution in [3.63, 3.8) is 0 Å². The van der Waals surface area contributed by atoms with Crippen molar-refractivity contribution in [2.75, 3.05) is 5.32 Å². The fourth-order valence-electron chi connectivity index (χ4n) is 6.46. The van der Waals surface area contributed by atoms with Crippen LogP contribution < -0.4 is 22.0 Å². The number of aromatic carboxylic acids is 1. The second-order valence-corrected chi connectivity index (χ2v) is 14.6. The van der Waals surface area contributed by atoms with Gasteiger partial charge in [0.1, 0.15) is 5.60 Å². The lowest BCUT2D eigenvalue weighted by atomic mass is 9.97. The molecule has 0 saturated heterocycles. The molecule has 296 valence electrons. The highest BCUT2D eigenvalue weighted by atomic mass is 35.5. The predicted molar refractivity (Wildman–Crippen MR) is 209 cm³/mol. The summed E-state index contributed by atoms with van der Waals surface area (Å²) in [5.41, 5.74) is -1.22. The van der Waals surface area contributed by atoms with E-state index in [-0.39, 0.29) is 34.1 Å². The fraction of sp³-hybridized carbons (Fsp3) is 0.175. The van der Waals surface area contributed by atoms with Crippen LogP contribution in [0.15, 0.2) is 88.8 Å². The molecule has 0 aliphatic rings. The van der Waals surface area contributed by atoms with Gasteiger partial charge in [-0.1, -0.05) is 41.9 Å². The maximum atomic E-state index is 14.8. The molecule has 58 heavy (non-hydrogen) atoms. The molecule has 0 fully saturated rings. The average molecular weight is 813 g/mol. The van der Waals surface area contributed by atoms with Gasteiger partial charge in [0, 0.05) is 47.7 Å². The number of carboxylic acids is 1. The number of amides is 1. The summed E-state index contributed by atoms with van der Waals surface area (Å²) in [4.78, 5) is 61.7. The number of carboxylic acid groups (broad SMARTS) is 1. The Kier molecular flexibility index (Phi) is 10.2. The molecule has 7 rings (SSSR count). The number of hydrogen-bond donors (Lipinski definition) is 3. The molecular formula is C40H32ClF3N8O6. The molecule has 0 spiro atoms. The van der Waals surface area contributed by atoms with Crippen LogP contribution >= 0.6 is 11.6 Å². The first-order valence-corrected chi connectivity index (χ1v) is 17.8. The van der Waals surface area contributed by atoms with E-state index < -0.39 is 59.0 Å². The van der Waals surface area contributed by atoms with E-state index in [2.05, 4.69) is 25.7 Å². The Balaban J connectivity index is 1.44. The first-order chi connectivity index (χ1) is 27.5. The number of ether oxygens (including phenoxy) is 1. The fourth-order valence-corrected chi connectivity index (χ4v) is 6.72. The average Bonchev–Trinajstić information content (AvgIpc) is 3.53. The van der Waals surface area contributed by atoms with E-state index in [1.54, 1.807) is 64.3 Å². The van der Waals surface area contributed by atoms with Crippen LogP contribution in [-0.4, -0.2) is 51.7 Å². The monoisotopic (exact) mass is 812 g/mol. The number of alkyl carbamates (subject to hydrolysis) is 1.